The van der Waals surface area contributed by atoms with E-state index in [0.717, 1.165) is 26.3 Å². The molecule has 1 fully saturated rings. The lowest BCUT2D eigenvalue weighted by Gasteiger charge is -2.10. The molecule has 0 aliphatic carbocycles. The van der Waals surface area contributed by atoms with Crippen LogP contribution in [0.5, 0.6) is 0 Å². The number of primary amides is 1. The summed E-state index contributed by atoms with van der Waals surface area (Å²) in [6.07, 6.45) is 3.02. The van der Waals surface area contributed by atoms with Crippen molar-refractivity contribution < 1.29 is 9.53 Å². The van der Waals surface area contributed by atoms with Crippen molar-refractivity contribution in [2.24, 2.45) is 5.73 Å². The third-order valence-corrected chi connectivity index (χ3v) is 1.79. The van der Waals surface area contributed by atoms with Crippen LogP contribution >= 0.6 is 0 Å². The number of nitrogens with one attached hydrogen (secondary N) is 1. The van der Waals surface area contributed by atoms with Crippen LogP contribution in [0.1, 0.15) is 10.4 Å². The van der Waals surface area contributed by atoms with Crippen LogP contribution in [0.4, 0.5) is 0 Å². The van der Waals surface area contributed by atoms with Gasteiger partial charge < -0.3 is 15.8 Å². The van der Waals surface area contributed by atoms with Crippen LogP contribution in [-0.2, 0) is 4.74 Å². The maximum absolute atomic E-state index is 10.4. The van der Waals surface area contributed by atoms with Crippen LogP contribution in [0.25, 0.3) is 0 Å². The van der Waals surface area contributed by atoms with Crippen molar-refractivity contribution in [3.63, 3.8) is 0 Å². The van der Waals surface area contributed by atoms with Crippen LogP contribution < -0.4 is 11.1 Å². The highest BCUT2D eigenvalue weighted by Gasteiger charge is 1.95. The Morgan fingerprint density at radius 2 is 2.20 bits per heavy atom. The predicted molar refractivity (Wildman–Crippen MR) is 56.4 cm³/mol. The number of aromatic nitrogens is 1. The van der Waals surface area contributed by atoms with Gasteiger partial charge in [0, 0.05) is 25.5 Å². The van der Waals surface area contributed by atoms with Gasteiger partial charge in [0.05, 0.1) is 18.8 Å². The molecule has 0 atom stereocenters. The van der Waals surface area contributed by atoms with E-state index in [1.165, 1.54) is 6.20 Å². The quantitative estimate of drug-likeness (QED) is 0.670. The number of carbonyl (C=O) groups is 1. The van der Waals surface area contributed by atoms with Crippen molar-refractivity contribution in [1.82, 2.24) is 10.3 Å². The molecule has 0 bridgehead atoms. The molecule has 1 amide bonds. The molecule has 2 heterocycles. The molecule has 0 spiro atoms. The van der Waals surface area contributed by atoms with Gasteiger partial charge in [0.25, 0.3) is 0 Å². The summed E-state index contributed by atoms with van der Waals surface area (Å²) >= 11 is 0. The van der Waals surface area contributed by atoms with E-state index in [1.807, 2.05) is 0 Å². The molecule has 1 aliphatic rings. The summed E-state index contributed by atoms with van der Waals surface area (Å²) < 4.78 is 5.01. The fourth-order valence-electron chi connectivity index (χ4n) is 1.02. The smallest absolute Gasteiger partial charge is 0.250 e. The number of nitrogens with zero attached hydrogens (tertiary/aromatic N) is 1. The number of amides is 1. The van der Waals surface area contributed by atoms with Crippen LogP contribution in [0.2, 0.25) is 0 Å². The largest absolute Gasteiger partial charge is 0.379 e. The number of nitrogens with two attached hydrogens (primary N) is 1. The minimum absolute atomic E-state index is 0.442. The Labute approximate surface area is 88.6 Å². The Hall–Kier alpha value is -1.46. The first-order valence-electron chi connectivity index (χ1n) is 4.79. The van der Waals surface area contributed by atoms with E-state index in [4.69, 9.17) is 10.5 Å². The summed E-state index contributed by atoms with van der Waals surface area (Å²) in [4.78, 5) is 14.1. The molecule has 1 saturated heterocycles. The first kappa shape index (κ1) is 11.6. The minimum Gasteiger partial charge on any atom is -0.379 e. The van der Waals surface area contributed by atoms with Gasteiger partial charge in [0.15, 0.2) is 0 Å². The molecule has 1 aromatic rings. The van der Waals surface area contributed by atoms with Crippen molar-refractivity contribution >= 4 is 5.91 Å². The number of pyridine rings is 1. The molecule has 5 nitrogen and oxygen atoms in total. The van der Waals surface area contributed by atoms with Crippen molar-refractivity contribution in [2.45, 2.75) is 0 Å². The highest BCUT2D eigenvalue weighted by molar-refractivity contribution is 5.92. The molecule has 15 heavy (non-hydrogen) atoms. The fraction of sp³-hybridized carbons (Fsp3) is 0.400. The molecule has 0 aromatic carbocycles. The Balaban J connectivity index is 0.000000162. The maximum Gasteiger partial charge on any atom is 0.250 e. The Bertz CT molecular complexity index is 274. The summed E-state index contributed by atoms with van der Waals surface area (Å²) in [5, 5.41) is 3.16. The van der Waals surface area contributed by atoms with Gasteiger partial charge in [-0.05, 0) is 12.1 Å². The zero-order valence-electron chi connectivity index (χ0n) is 8.48. The number of carbonyl (C=O) groups excluding carboxylic acids is 1. The number of morpholine rings is 1. The zero-order chi connectivity index (χ0) is 10.9. The van der Waals surface area contributed by atoms with E-state index in [0.29, 0.717) is 5.56 Å². The molecular weight excluding hydrogens is 194 g/mol. The van der Waals surface area contributed by atoms with Crippen LogP contribution in [0.15, 0.2) is 24.5 Å². The number of hydrogen-bond donors (Lipinski definition) is 2. The van der Waals surface area contributed by atoms with E-state index < -0.39 is 5.91 Å². The van der Waals surface area contributed by atoms with Gasteiger partial charge in [0.1, 0.15) is 0 Å². The Morgan fingerprint density at radius 1 is 1.47 bits per heavy atom. The van der Waals surface area contributed by atoms with Crippen molar-refractivity contribution in [3.05, 3.63) is 30.1 Å². The van der Waals surface area contributed by atoms with E-state index >= 15 is 0 Å². The molecule has 2 rings (SSSR count). The van der Waals surface area contributed by atoms with Gasteiger partial charge in [-0.25, -0.2) is 0 Å². The predicted octanol–water partition coefficient (Wildman–Crippen LogP) is -0.213. The summed E-state index contributed by atoms with van der Waals surface area (Å²) in [7, 11) is 0. The lowest BCUT2D eigenvalue weighted by Crippen LogP contribution is -2.30. The van der Waals surface area contributed by atoms with Gasteiger partial charge in [-0.3, -0.25) is 9.78 Å². The lowest BCUT2D eigenvalue weighted by atomic mass is 10.3. The van der Waals surface area contributed by atoms with Crippen molar-refractivity contribution in [2.75, 3.05) is 26.3 Å². The number of hydrogen-bond acceptors (Lipinski definition) is 4. The van der Waals surface area contributed by atoms with Gasteiger partial charge in [-0.1, -0.05) is 0 Å². The SMILES string of the molecule is C1COCCN1.NC(=O)c1cccnc1. The van der Waals surface area contributed by atoms with E-state index in [9.17, 15) is 4.79 Å². The monoisotopic (exact) mass is 209 g/mol. The molecule has 0 unspecified atom stereocenters. The highest BCUT2D eigenvalue weighted by atomic mass is 16.5. The molecule has 3 N–H and O–H groups in total. The second-order valence-electron chi connectivity index (χ2n) is 2.97. The van der Waals surface area contributed by atoms with Crippen LogP contribution in [0.3, 0.4) is 0 Å². The third kappa shape index (κ3) is 5.09. The molecule has 1 aromatic heterocycles. The average molecular weight is 209 g/mol. The Kier molecular flexibility index (Phi) is 5.35. The van der Waals surface area contributed by atoms with Gasteiger partial charge >= 0.3 is 0 Å². The molecule has 0 saturated carbocycles. The van der Waals surface area contributed by atoms with Gasteiger partial charge in [-0.15, -0.1) is 0 Å². The highest BCUT2D eigenvalue weighted by Crippen LogP contribution is 1.91. The summed E-state index contributed by atoms with van der Waals surface area (Å²) in [5.74, 6) is -0.442. The topological polar surface area (TPSA) is 77.2 Å². The summed E-state index contributed by atoms with van der Waals surface area (Å²) in [6.45, 7) is 3.83. The van der Waals surface area contributed by atoms with Crippen LogP contribution in [0, 0.1) is 0 Å². The van der Waals surface area contributed by atoms with Crippen LogP contribution in [-0.4, -0.2) is 37.2 Å². The van der Waals surface area contributed by atoms with Crippen molar-refractivity contribution in [1.29, 1.82) is 0 Å². The lowest BCUT2D eigenvalue weighted by molar-refractivity contribution is 0.1000. The second kappa shape index (κ2) is 6.92. The van der Waals surface area contributed by atoms with E-state index in [-0.39, 0.29) is 0 Å². The van der Waals surface area contributed by atoms with E-state index in [2.05, 4.69) is 10.3 Å². The standard InChI is InChI=1S/C6H6N2O.C4H9NO/c7-6(9)5-2-1-3-8-4-5;1-3-6-4-2-5-1/h1-4H,(H2,7,9);5H,1-4H2. The molecular formula is C10H15N3O2. The molecule has 1 aliphatic heterocycles. The summed E-state index contributed by atoms with van der Waals surface area (Å²) in [6, 6.07) is 3.29. The first-order chi connectivity index (χ1) is 7.30. The third-order valence-electron chi connectivity index (χ3n) is 1.79. The normalized spacial score (nSPS) is 14.9. The van der Waals surface area contributed by atoms with Gasteiger partial charge in [0.2, 0.25) is 5.91 Å². The number of rotatable bonds is 1. The molecule has 82 valence electrons. The minimum atomic E-state index is -0.442. The zero-order valence-corrected chi connectivity index (χ0v) is 8.48. The fourth-order valence-corrected chi connectivity index (χ4v) is 1.02. The van der Waals surface area contributed by atoms with E-state index in [1.54, 1.807) is 18.3 Å². The molecule has 5 heteroatoms. The molecule has 0 radical (unpaired) electrons. The second-order valence-corrected chi connectivity index (χ2v) is 2.97. The maximum atomic E-state index is 10.4. The van der Waals surface area contributed by atoms with Gasteiger partial charge in [-0.2, -0.15) is 0 Å². The number of ether oxygens (including phenoxy) is 1. The first-order valence-corrected chi connectivity index (χ1v) is 4.79. The van der Waals surface area contributed by atoms with Crippen molar-refractivity contribution in [3.8, 4) is 0 Å². The Morgan fingerprint density at radius 3 is 2.47 bits per heavy atom. The summed E-state index contributed by atoms with van der Waals surface area (Å²) in [5.41, 5.74) is 5.38. The average Bonchev–Trinajstić information content (AvgIpc) is 2.33.